The molecule has 3 heteroatoms. The summed E-state index contributed by atoms with van der Waals surface area (Å²) in [5.41, 5.74) is 3.10. The Balaban J connectivity index is 2.30. The molecule has 2 rings (SSSR count). The van der Waals surface area contributed by atoms with Gasteiger partial charge in [0.1, 0.15) is 11.9 Å². The van der Waals surface area contributed by atoms with Crippen LogP contribution in [0.2, 0.25) is 0 Å². The van der Waals surface area contributed by atoms with Crippen LogP contribution in [-0.2, 0) is 0 Å². The molecule has 0 radical (unpaired) electrons. The summed E-state index contributed by atoms with van der Waals surface area (Å²) in [6, 6.07) is -0.385. The summed E-state index contributed by atoms with van der Waals surface area (Å²) in [6.07, 6.45) is 9.67. The molecule has 0 fully saturated rings. The van der Waals surface area contributed by atoms with Crippen molar-refractivity contribution in [3.8, 4) is 0 Å². The van der Waals surface area contributed by atoms with E-state index in [1.807, 2.05) is 6.92 Å². The van der Waals surface area contributed by atoms with Gasteiger partial charge in [-0.25, -0.2) is 4.39 Å². The third-order valence-electron chi connectivity index (χ3n) is 3.37. The molecule has 0 saturated heterocycles. The maximum absolute atomic E-state index is 13.9. The normalized spacial score (nSPS) is 22.9. The van der Waals surface area contributed by atoms with Crippen molar-refractivity contribution in [3.63, 3.8) is 0 Å². The fraction of sp³-hybridized carbons (Fsp3) is 0.467. The van der Waals surface area contributed by atoms with Crippen LogP contribution >= 0.6 is 11.6 Å². The third kappa shape index (κ3) is 2.69. The largest absolute Gasteiger partial charge is 0.376 e. The highest BCUT2D eigenvalue weighted by Crippen LogP contribution is 2.36. The van der Waals surface area contributed by atoms with E-state index in [1.54, 1.807) is 6.08 Å². The van der Waals surface area contributed by atoms with Gasteiger partial charge in [0.15, 0.2) is 0 Å². The Morgan fingerprint density at radius 1 is 1.33 bits per heavy atom. The van der Waals surface area contributed by atoms with E-state index in [1.165, 1.54) is 24.5 Å². The van der Waals surface area contributed by atoms with E-state index in [2.05, 4.69) is 18.3 Å². The fourth-order valence-corrected chi connectivity index (χ4v) is 2.77. The minimum Gasteiger partial charge on any atom is -0.376 e. The van der Waals surface area contributed by atoms with E-state index in [-0.39, 0.29) is 11.9 Å². The Kier molecular flexibility index (Phi) is 4.28. The van der Waals surface area contributed by atoms with Crippen LogP contribution in [0.3, 0.4) is 0 Å². The van der Waals surface area contributed by atoms with Crippen LogP contribution in [0.5, 0.6) is 0 Å². The SMILES string of the molecule is CCCCCC1=C2C(Cl)=CC=C(F)C2NC(C)=C1. The molecule has 0 aromatic carbocycles. The summed E-state index contributed by atoms with van der Waals surface area (Å²) in [5.74, 6) is -0.158. The summed E-state index contributed by atoms with van der Waals surface area (Å²) in [5, 5.41) is 3.81. The van der Waals surface area contributed by atoms with E-state index in [4.69, 9.17) is 11.6 Å². The predicted octanol–water partition coefficient (Wildman–Crippen LogP) is 4.73. The van der Waals surface area contributed by atoms with Crippen molar-refractivity contribution < 1.29 is 4.39 Å². The molecule has 0 saturated carbocycles. The van der Waals surface area contributed by atoms with Gasteiger partial charge in [-0.2, -0.15) is 0 Å². The Labute approximate surface area is 113 Å². The molecule has 1 heterocycles. The van der Waals surface area contributed by atoms with Crippen molar-refractivity contribution in [1.29, 1.82) is 0 Å². The number of halogens is 2. The van der Waals surface area contributed by atoms with Crippen molar-refractivity contribution in [1.82, 2.24) is 5.32 Å². The molecule has 0 bridgehead atoms. The first-order valence-corrected chi connectivity index (χ1v) is 6.92. The van der Waals surface area contributed by atoms with Crippen molar-refractivity contribution in [2.24, 2.45) is 0 Å². The molecule has 1 aliphatic carbocycles. The lowest BCUT2D eigenvalue weighted by Crippen LogP contribution is -2.35. The lowest BCUT2D eigenvalue weighted by molar-refractivity contribution is 0.521. The maximum Gasteiger partial charge on any atom is 0.127 e. The monoisotopic (exact) mass is 267 g/mol. The molecule has 98 valence electrons. The van der Waals surface area contributed by atoms with Gasteiger partial charge < -0.3 is 5.32 Å². The minimum atomic E-state index is -0.385. The molecule has 1 atom stereocenters. The quantitative estimate of drug-likeness (QED) is 0.726. The van der Waals surface area contributed by atoms with Crippen molar-refractivity contribution in [3.05, 3.63) is 45.9 Å². The molecular weight excluding hydrogens is 249 g/mol. The van der Waals surface area contributed by atoms with E-state index < -0.39 is 0 Å². The highest BCUT2D eigenvalue weighted by molar-refractivity contribution is 6.32. The molecule has 1 aliphatic heterocycles. The van der Waals surface area contributed by atoms with E-state index >= 15 is 0 Å². The molecule has 0 spiro atoms. The van der Waals surface area contributed by atoms with E-state index in [0.717, 1.165) is 24.1 Å². The number of allylic oxidation sites excluding steroid dienone is 5. The highest BCUT2D eigenvalue weighted by Gasteiger charge is 2.29. The summed E-state index contributed by atoms with van der Waals surface area (Å²) in [7, 11) is 0. The van der Waals surface area contributed by atoms with Crippen molar-refractivity contribution in [2.45, 2.75) is 45.6 Å². The van der Waals surface area contributed by atoms with Gasteiger partial charge in [0, 0.05) is 16.3 Å². The molecule has 1 unspecified atom stereocenters. The van der Waals surface area contributed by atoms with Gasteiger partial charge in [-0.3, -0.25) is 0 Å². The minimum absolute atomic E-state index is 0.158. The predicted molar refractivity (Wildman–Crippen MR) is 75.0 cm³/mol. The Bertz CT molecular complexity index is 457. The second kappa shape index (κ2) is 5.75. The molecule has 0 amide bonds. The lowest BCUT2D eigenvalue weighted by Gasteiger charge is -2.30. The number of rotatable bonds is 4. The lowest BCUT2D eigenvalue weighted by atomic mass is 9.89. The summed E-state index contributed by atoms with van der Waals surface area (Å²) in [6.45, 7) is 4.15. The second-order valence-corrected chi connectivity index (χ2v) is 5.27. The number of hydrogen-bond acceptors (Lipinski definition) is 1. The Hall–Kier alpha value is -1.02. The van der Waals surface area contributed by atoms with Crippen molar-refractivity contribution >= 4 is 11.6 Å². The summed E-state index contributed by atoms with van der Waals surface area (Å²) in [4.78, 5) is 0. The molecule has 18 heavy (non-hydrogen) atoms. The van der Waals surface area contributed by atoms with E-state index in [9.17, 15) is 4.39 Å². The average molecular weight is 268 g/mol. The van der Waals surface area contributed by atoms with Gasteiger partial charge >= 0.3 is 0 Å². The summed E-state index contributed by atoms with van der Waals surface area (Å²) < 4.78 is 13.9. The first-order chi connectivity index (χ1) is 8.63. The van der Waals surface area contributed by atoms with Crippen LogP contribution in [0.1, 0.15) is 39.5 Å². The van der Waals surface area contributed by atoms with Crippen LogP contribution in [0.25, 0.3) is 0 Å². The van der Waals surface area contributed by atoms with Gasteiger partial charge in [-0.15, -0.1) is 0 Å². The van der Waals surface area contributed by atoms with Crippen LogP contribution in [0.4, 0.5) is 4.39 Å². The number of hydrogen-bond donors (Lipinski definition) is 1. The number of nitrogens with one attached hydrogen (secondary N) is 1. The van der Waals surface area contributed by atoms with Crippen molar-refractivity contribution in [2.75, 3.05) is 0 Å². The molecule has 0 aromatic heterocycles. The fourth-order valence-electron chi connectivity index (χ4n) is 2.48. The topological polar surface area (TPSA) is 12.0 Å². The maximum atomic E-state index is 13.9. The van der Waals surface area contributed by atoms with Gasteiger partial charge in [0.05, 0.1) is 0 Å². The van der Waals surface area contributed by atoms with Gasteiger partial charge in [0.2, 0.25) is 0 Å². The zero-order valence-corrected chi connectivity index (χ0v) is 11.6. The molecule has 2 aliphatic rings. The zero-order valence-electron chi connectivity index (χ0n) is 10.9. The third-order valence-corrected chi connectivity index (χ3v) is 3.70. The molecule has 1 nitrogen and oxygen atoms in total. The Morgan fingerprint density at radius 2 is 2.11 bits per heavy atom. The first-order valence-electron chi connectivity index (χ1n) is 6.54. The molecular formula is C15H19ClFN. The second-order valence-electron chi connectivity index (χ2n) is 4.87. The van der Waals surface area contributed by atoms with E-state index in [0.29, 0.717) is 5.03 Å². The smallest absolute Gasteiger partial charge is 0.127 e. The van der Waals surface area contributed by atoms with Gasteiger partial charge in [0.25, 0.3) is 0 Å². The Morgan fingerprint density at radius 3 is 2.83 bits per heavy atom. The van der Waals surface area contributed by atoms with Gasteiger partial charge in [-0.1, -0.05) is 31.4 Å². The standard InChI is InChI=1S/C15H19ClFN/c1-3-4-5-6-11-9-10(2)18-15-13(17)8-7-12(16)14(11)15/h7-9,15,18H,3-6H2,1-2H3. The van der Waals surface area contributed by atoms with Crippen LogP contribution < -0.4 is 5.32 Å². The first kappa shape index (κ1) is 13.4. The van der Waals surface area contributed by atoms with Crippen LogP contribution in [0.15, 0.2) is 45.9 Å². The highest BCUT2D eigenvalue weighted by atomic mass is 35.5. The van der Waals surface area contributed by atoms with Crippen LogP contribution in [0, 0.1) is 0 Å². The molecule has 1 N–H and O–H groups in total. The number of fused-ring (bicyclic) bond motifs is 1. The average Bonchev–Trinajstić information content (AvgIpc) is 2.34. The zero-order chi connectivity index (χ0) is 13.1. The van der Waals surface area contributed by atoms with Crippen LogP contribution in [-0.4, -0.2) is 6.04 Å². The number of unbranched alkanes of at least 4 members (excludes halogenated alkanes) is 2. The van der Waals surface area contributed by atoms with Gasteiger partial charge in [-0.05, 0) is 43.6 Å². The molecule has 0 aromatic rings. The summed E-state index contributed by atoms with van der Waals surface area (Å²) >= 11 is 6.23. The number of dihydropyridines is 1.